The Morgan fingerprint density at radius 2 is 1.47 bits per heavy atom. The Morgan fingerprint density at radius 1 is 1.00 bits per heavy atom. The van der Waals surface area contributed by atoms with Gasteiger partial charge < -0.3 is 5.32 Å². The first-order valence-corrected chi connectivity index (χ1v) is 6.58. The molecule has 0 amide bonds. The fraction of sp³-hybridized carbons (Fsp3) is 1.00. The summed E-state index contributed by atoms with van der Waals surface area (Å²) in [7, 11) is 2.05. The first-order valence-electron chi connectivity index (χ1n) is 6.58. The van der Waals surface area contributed by atoms with E-state index in [1.807, 2.05) is 0 Å². The predicted molar refractivity (Wildman–Crippen MR) is 69.4 cm³/mol. The van der Waals surface area contributed by atoms with Crippen LogP contribution >= 0.6 is 0 Å². The summed E-state index contributed by atoms with van der Waals surface area (Å²) in [6.07, 6.45) is 5.24. The maximum Gasteiger partial charge on any atom is 0.0218 e. The zero-order valence-electron chi connectivity index (χ0n) is 11.3. The van der Waals surface area contributed by atoms with E-state index in [1.165, 1.54) is 38.8 Å². The molecule has 2 nitrogen and oxygen atoms in total. The Bertz CT molecular complexity index is 128. The summed E-state index contributed by atoms with van der Waals surface area (Å²) >= 11 is 0. The summed E-state index contributed by atoms with van der Waals surface area (Å²) in [6, 6.07) is 1.23. The van der Waals surface area contributed by atoms with Crippen LogP contribution in [0.2, 0.25) is 0 Å². The molecule has 0 radical (unpaired) electrons. The van der Waals surface area contributed by atoms with Crippen molar-refractivity contribution in [2.45, 2.75) is 65.5 Å². The van der Waals surface area contributed by atoms with Crippen molar-refractivity contribution in [2.24, 2.45) is 0 Å². The minimum atomic E-state index is 0.582. The summed E-state index contributed by atoms with van der Waals surface area (Å²) in [6.45, 7) is 11.7. The van der Waals surface area contributed by atoms with Gasteiger partial charge in [-0.25, -0.2) is 0 Å². The Balaban J connectivity index is 4.06. The van der Waals surface area contributed by atoms with Gasteiger partial charge in [-0.15, -0.1) is 0 Å². The molecule has 0 aromatic carbocycles. The molecule has 0 spiro atoms. The third-order valence-electron chi connectivity index (χ3n) is 3.35. The third kappa shape index (κ3) is 6.16. The van der Waals surface area contributed by atoms with E-state index >= 15 is 0 Å². The molecule has 0 aromatic heterocycles. The van der Waals surface area contributed by atoms with Gasteiger partial charge in [0.2, 0.25) is 0 Å². The normalized spacial score (nSPS) is 15.6. The zero-order chi connectivity index (χ0) is 11.7. The molecular weight excluding hydrogens is 184 g/mol. The number of nitrogens with one attached hydrogen (secondary N) is 1. The van der Waals surface area contributed by atoms with Crippen LogP contribution in [0, 0.1) is 0 Å². The minimum absolute atomic E-state index is 0.582. The Labute approximate surface area is 96.4 Å². The second kappa shape index (κ2) is 9.17. The van der Waals surface area contributed by atoms with Gasteiger partial charge in [0.15, 0.2) is 0 Å². The van der Waals surface area contributed by atoms with Crippen molar-refractivity contribution < 1.29 is 0 Å². The molecule has 0 bridgehead atoms. The molecule has 0 fully saturated rings. The smallest absolute Gasteiger partial charge is 0.0218 e. The lowest BCUT2D eigenvalue weighted by Gasteiger charge is -2.33. The van der Waals surface area contributed by atoms with Crippen molar-refractivity contribution in [3.8, 4) is 0 Å². The van der Waals surface area contributed by atoms with E-state index in [-0.39, 0.29) is 0 Å². The summed E-state index contributed by atoms with van der Waals surface area (Å²) in [5.74, 6) is 0. The molecule has 0 heterocycles. The van der Waals surface area contributed by atoms with Crippen molar-refractivity contribution in [2.75, 3.05) is 20.1 Å². The molecule has 2 atom stereocenters. The van der Waals surface area contributed by atoms with Gasteiger partial charge in [0.25, 0.3) is 0 Å². The number of unbranched alkanes of at least 4 members (excludes halogenated alkanes) is 2. The SMILES string of the molecule is CCCCN(CCCC)C(C)C(C)NC. The Morgan fingerprint density at radius 3 is 1.80 bits per heavy atom. The van der Waals surface area contributed by atoms with Crippen LogP contribution in [-0.2, 0) is 0 Å². The number of rotatable bonds is 9. The van der Waals surface area contributed by atoms with Gasteiger partial charge >= 0.3 is 0 Å². The highest BCUT2D eigenvalue weighted by Gasteiger charge is 2.17. The molecule has 1 N–H and O–H groups in total. The third-order valence-corrected chi connectivity index (χ3v) is 3.35. The van der Waals surface area contributed by atoms with E-state index in [9.17, 15) is 0 Å². The van der Waals surface area contributed by atoms with Crippen molar-refractivity contribution >= 4 is 0 Å². The molecule has 0 saturated carbocycles. The molecule has 0 aliphatic rings. The standard InChI is InChI=1S/C13H30N2/c1-6-8-10-15(11-9-7-2)13(4)12(3)14-5/h12-14H,6-11H2,1-5H3. The van der Waals surface area contributed by atoms with Crippen LogP contribution in [0.5, 0.6) is 0 Å². The molecule has 2 heteroatoms. The number of likely N-dealkylation sites (N-methyl/N-ethyl adjacent to an activating group) is 1. The second-order valence-electron chi connectivity index (χ2n) is 4.56. The van der Waals surface area contributed by atoms with Gasteiger partial charge in [0, 0.05) is 12.1 Å². The molecular formula is C13H30N2. The van der Waals surface area contributed by atoms with E-state index in [0.29, 0.717) is 12.1 Å². The van der Waals surface area contributed by atoms with Crippen LogP contribution in [0.1, 0.15) is 53.4 Å². The molecule has 0 aliphatic carbocycles. The van der Waals surface area contributed by atoms with E-state index in [1.54, 1.807) is 0 Å². The van der Waals surface area contributed by atoms with Gasteiger partial charge in [0.1, 0.15) is 0 Å². The van der Waals surface area contributed by atoms with Gasteiger partial charge in [0.05, 0.1) is 0 Å². The highest BCUT2D eigenvalue weighted by Crippen LogP contribution is 2.08. The molecule has 0 rings (SSSR count). The van der Waals surface area contributed by atoms with Crippen LogP contribution in [0.15, 0.2) is 0 Å². The van der Waals surface area contributed by atoms with E-state index < -0.39 is 0 Å². The van der Waals surface area contributed by atoms with Crippen LogP contribution in [-0.4, -0.2) is 37.1 Å². The van der Waals surface area contributed by atoms with Gasteiger partial charge in [-0.2, -0.15) is 0 Å². The lowest BCUT2D eigenvalue weighted by molar-refractivity contribution is 0.173. The van der Waals surface area contributed by atoms with Crippen molar-refractivity contribution in [1.29, 1.82) is 0 Å². The first-order chi connectivity index (χ1) is 7.17. The fourth-order valence-corrected chi connectivity index (χ4v) is 1.80. The summed E-state index contributed by atoms with van der Waals surface area (Å²) in [5.41, 5.74) is 0. The Hall–Kier alpha value is -0.0800. The second-order valence-corrected chi connectivity index (χ2v) is 4.56. The molecule has 2 unspecified atom stereocenters. The first kappa shape index (κ1) is 14.9. The van der Waals surface area contributed by atoms with Gasteiger partial charge in [-0.3, -0.25) is 4.90 Å². The Kier molecular flexibility index (Phi) is 9.12. The average molecular weight is 214 g/mol. The van der Waals surface area contributed by atoms with E-state index in [4.69, 9.17) is 0 Å². The minimum Gasteiger partial charge on any atom is -0.316 e. The van der Waals surface area contributed by atoms with Crippen LogP contribution in [0.25, 0.3) is 0 Å². The number of hydrogen-bond donors (Lipinski definition) is 1. The predicted octanol–water partition coefficient (Wildman–Crippen LogP) is 2.89. The fourth-order valence-electron chi connectivity index (χ4n) is 1.80. The topological polar surface area (TPSA) is 15.3 Å². The summed E-state index contributed by atoms with van der Waals surface area (Å²) in [5, 5.41) is 3.36. The maximum atomic E-state index is 3.36. The van der Waals surface area contributed by atoms with E-state index in [0.717, 1.165) is 0 Å². The van der Waals surface area contributed by atoms with E-state index in [2.05, 4.69) is 45.0 Å². The lowest BCUT2D eigenvalue weighted by Crippen LogP contribution is -2.46. The lowest BCUT2D eigenvalue weighted by atomic mass is 10.1. The quantitative estimate of drug-likeness (QED) is 0.635. The van der Waals surface area contributed by atoms with Crippen LogP contribution in [0.4, 0.5) is 0 Å². The molecule has 0 aliphatic heterocycles. The molecule has 0 saturated heterocycles. The molecule has 0 aromatic rings. The number of hydrogen-bond acceptors (Lipinski definition) is 2. The highest BCUT2D eigenvalue weighted by atomic mass is 15.2. The van der Waals surface area contributed by atoms with Gasteiger partial charge in [-0.05, 0) is 46.8 Å². The highest BCUT2D eigenvalue weighted by molar-refractivity contribution is 4.76. The summed E-state index contributed by atoms with van der Waals surface area (Å²) in [4.78, 5) is 2.63. The van der Waals surface area contributed by atoms with Gasteiger partial charge in [-0.1, -0.05) is 26.7 Å². The van der Waals surface area contributed by atoms with Crippen molar-refractivity contribution in [3.05, 3.63) is 0 Å². The molecule has 92 valence electrons. The largest absolute Gasteiger partial charge is 0.316 e. The monoisotopic (exact) mass is 214 g/mol. The van der Waals surface area contributed by atoms with Crippen molar-refractivity contribution in [1.82, 2.24) is 10.2 Å². The number of nitrogens with zero attached hydrogens (tertiary/aromatic N) is 1. The zero-order valence-corrected chi connectivity index (χ0v) is 11.3. The van der Waals surface area contributed by atoms with Crippen LogP contribution in [0.3, 0.4) is 0 Å². The maximum absolute atomic E-state index is 3.36. The average Bonchev–Trinajstić information content (AvgIpc) is 2.27. The van der Waals surface area contributed by atoms with Crippen LogP contribution < -0.4 is 5.32 Å². The molecule has 15 heavy (non-hydrogen) atoms. The summed E-state index contributed by atoms with van der Waals surface area (Å²) < 4.78 is 0. The van der Waals surface area contributed by atoms with Crippen molar-refractivity contribution in [3.63, 3.8) is 0 Å².